The number of amides is 1. The quantitative estimate of drug-likeness (QED) is 0.549. The van der Waals surface area contributed by atoms with E-state index in [4.69, 9.17) is 4.74 Å². The molecule has 17 heavy (non-hydrogen) atoms. The fourth-order valence-corrected chi connectivity index (χ4v) is 2.19. The van der Waals surface area contributed by atoms with Gasteiger partial charge in [-0.3, -0.25) is 9.59 Å². The van der Waals surface area contributed by atoms with Gasteiger partial charge >= 0.3 is 5.97 Å². The molecule has 90 valence electrons. The summed E-state index contributed by atoms with van der Waals surface area (Å²) in [5.41, 5.74) is 2.74. The van der Waals surface area contributed by atoms with E-state index in [1.54, 1.807) is 11.8 Å². The number of benzene rings is 1. The van der Waals surface area contributed by atoms with Crippen LogP contribution >= 0.6 is 0 Å². The minimum atomic E-state index is -0.331. The van der Waals surface area contributed by atoms with Crippen LogP contribution in [-0.4, -0.2) is 18.4 Å². The molecule has 0 N–H and O–H groups in total. The number of nitrogens with zero attached hydrogens (tertiary/aromatic N) is 1. The third-order valence-corrected chi connectivity index (χ3v) is 2.93. The predicted molar refractivity (Wildman–Crippen MR) is 64.2 cm³/mol. The average molecular weight is 233 g/mol. The lowest BCUT2D eigenvalue weighted by Gasteiger charge is -2.16. The van der Waals surface area contributed by atoms with Crippen LogP contribution in [0.1, 0.15) is 25.0 Å². The van der Waals surface area contributed by atoms with Crippen molar-refractivity contribution in [2.75, 3.05) is 11.4 Å². The summed E-state index contributed by atoms with van der Waals surface area (Å²) in [6.45, 7) is 5.48. The molecule has 0 radical (unpaired) electrons. The van der Waals surface area contributed by atoms with Crippen molar-refractivity contribution in [2.45, 2.75) is 27.2 Å². The fraction of sp³-hybridized carbons (Fsp3) is 0.385. The molecule has 0 aromatic heterocycles. The number of esters is 1. The van der Waals surface area contributed by atoms with E-state index in [-0.39, 0.29) is 11.9 Å². The summed E-state index contributed by atoms with van der Waals surface area (Å²) in [7, 11) is 0. The SMILES string of the molecule is CC(=O)Oc1c(C)ccc2c1CCN2C(C)=O. The minimum absolute atomic E-state index is 0.0152. The van der Waals surface area contributed by atoms with Gasteiger partial charge in [0.05, 0.1) is 5.69 Å². The van der Waals surface area contributed by atoms with Crippen molar-refractivity contribution in [3.05, 3.63) is 23.3 Å². The van der Waals surface area contributed by atoms with E-state index in [0.717, 1.165) is 23.2 Å². The average Bonchev–Trinajstić information content (AvgIpc) is 2.65. The molecule has 0 unspecified atom stereocenters. The van der Waals surface area contributed by atoms with Gasteiger partial charge in [0.1, 0.15) is 5.75 Å². The third-order valence-electron chi connectivity index (χ3n) is 2.93. The number of anilines is 1. The lowest BCUT2D eigenvalue weighted by molar-refractivity contribution is -0.132. The summed E-state index contributed by atoms with van der Waals surface area (Å²) >= 11 is 0. The molecule has 0 bridgehead atoms. The molecule has 4 heteroatoms. The molecule has 0 fully saturated rings. The Balaban J connectivity index is 2.48. The zero-order valence-electron chi connectivity index (χ0n) is 10.2. The first-order valence-electron chi connectivity index (χ1n) is 5.59. The molecule has 1 aliphatic rings. The molecule has 0 atom stereocenters. The second kappa shape index (κ2) is 4.20. The van der Waals surface area contributed by atoms with Gasteiger partial charge in [-0.05, 0) is 25.0 Å². The molecule has 1 aliphatic heterocycles. The Hall–Kier alpha value is -1.84. The van der Waals surface area contributed by atoms with Gasteiger partial charge in [0.15, 0.2) is 0 Å². The predicted octanol–water partition coefficient (Wildman–Crippen LogP) is 1.83. The van der Waals surface area contributed by atoms with Crippen molar-refractivity contribution < 1.29 is 14.3 Å². The van der Waals surface area contributed by atoms with Crippen LogP contribution in [0.3, 0.4) is 0 Å². The molecule has 1 aromatic carbocycles. The number of aryl methyl sites for hydroxylation is 1. The van der Waals surface area contributed by atoms with E-state index in [0.29, 0.717) is 12.3 Å². The number of hydrogen-bond acceptors (Lipinski definition) is 3. The zero-order valence-corrected chi connectivity index (χ0v) is 10.2. The zero-order chi connectivity index (χ0) is 12.6. The molecule has 1 heterocycles. The number of carbonyl (C=O) groups excluding carboxylic acids is 2. The van der Waals surface area contributed by atoms with Gasteiger partial charge in [-0.15, -0.1) is 0 Å². The highest BCUT2D eigenvalue weighted by atomic mass is 16.5. The molecule has 4 nitrogen and oxygen atoms in total. The van der Waals surface area contributed by atoms with Crippen LogP contribution in [0.15, 0.2) is 12.1 Å². The fourth-order valence-electron chi connectivity index (χ4n) is 2.19. The molecule has 2 rings (SSSR count). The summed E-state index contributed by atoms with van der Waals surface area (Å²) < 4.78 is 5.24. The molecule has 0 spiro atoms. The maximum absolute atomic E-state index is 11.4. The Labute approximate surface area is 100 Å². The Bertz CT molecular complexity index is 494. The van der Waals surface area contributed by atoms with E-state index >= 15 is 0 Å². The number of carbonyl (C=O) groups is 2. The van der Waals surface area contributed by atoms with E-state index in [2.05, 4.69) is 0 Å². The Morgan fingerprint density at radius 1 is 1.29 bits per heavy atom. The molecular weight excluding hydrogens is 218 g/mol. The van der Waals surface area contributed by atoms with Gasteiger partial charge in [-0.25, -0.2) is 0 Å². The largest absolute Gasteiger partial charge is 0.426 e. The topological polar surface area (TPSA) is 46.6 Å². The highest BCUT2D eigenvalue weighted by Crippen LogP contribution is 2.37. The van der Waals surface area contributed by atoms with Crippen LogP contribution in [0.2, 0.25) is 0 Å². The second-order valence-electron chi connectivity index (χ2n) is 4.22. The Morgan fingerprint density at radius 3 is 2.59 bits per heavy atom. The van der Waals surface area contributed by atoms with Crippen LogP contribution in [0.25, 0.3) is 0 Å². The van der Waals surface area contributed by atoms with Crippen molar-refractivity contribution in [1.29, 1.82) is 0 Å². The standard InChI is InChI=1S/C13H15NO3/c1-8-4-5-12-11(13(8)17-10(3)16)6-7-14(12)9(2)15/h4-5H,6-7H2,1-3H3. The normalized spacial score (nSPS) is 13.5. The summed E-state index contributed by atoms with van der Waals surface area (Å²) in [6, 6.07) is 3.78. The number of hydrogen-bond donors (Lipinski definition) is 0. The first-order chi connectivity index (χ1) is 8.00. The Morgan fingerprint density at radius 2 is 2.00 bits per heavy atom. The molecule has 0 aliphatic carbocycles. The Kier molecular flexibility index (Phi) is 2.88. The highest BCUT2D eigenvalue weighted by Gasteiger charge is 2.26. The van der Waals surface area contributed by atoms with Gasteiger partial charge in [-0.1, -0.05) is 6.07 Å². The summed E-state index contributed by atoms with van der Waals surface area (Å²) in [5, 5.41) is 0. The van der Waals surface area contributed by atoms with Gasteiger partial charge in [0.2, 0.25) is 5.91 Å². The van der Waals surface area contributed by atoms with Gasteiger partial charge in [0.25, 0.3) is 0 Å². The molecule has 0 saturated carbocycles. The third kappa shape index (κ3) is 2.02. The minimum Gasteiger partial charge on any atom is -0.426 e. The monoisotopic (exact) mass is 233 g/mol. The number of ether oxygens (including phenoxy) is 1. The molecule has 0 saturated heterocycles. The van der Waals surface area contributed by atoms with Crippen molar-refractivity contribution in [1.82, 2.24) is 0 Å². The highest BCUT2D eigenvalue weighted by molar-refractivity contribution is 5.94. The smallest absolute Gasteiger partial charge is 0.308 e. The van der Waals surface area contributed by atoms with E-state index in [1.807, 2.05) is 19.1 Å². The van der Waals surface area contributed by atoms with Crippen LogP contribution < -0.4 is 9.64 Å². The van der Waals surface area contributed by atoms with E-state index < -0.39 is 0 Å². The lowest BCUT2D eigenvalue weighted by atomic mass is 10.1. The van der Waals surface area contributed by atoms with Crippen molar-refractivity contribution >= 4 is 17.6 Å². The maximum atomic E-state index is 11.4. The van der Waals surface area contributed by atoms with Crippen molar-refractivity contribution in [3.8, 4) is 5.75 Å². The van der Waals surface area contributed by atoms with E-state index in [9.17, 15) is 9.59 Å². The summed E-state index contributed by atoms with van der Waals surface area (Å²) in [6.07, 6.45) is 0.735. The van der Waals surface area contributed by atoms with Crippen LogP contribution in [0.4, 0.5) is 5.69 Å². The number of fused-ring (bicyclic) bond motifs is 1. The van der Waals surface area contributed by atoms with Crippen LogP contribution in [0.5, 0.6) is 5.75 Å². The van der Waals surface area contributed by atoms with Crippen LogP contribution in [0, 0.1) is 6.92 Å². The number of rotatable bonds is 1. The van der Waals surface area contributed by atoms with Gasteiger partial charge in [0, 0.05) is 26.0 Å². The molecule has 1 amide bonds. The van der Waals surface area contributed by atoms with Gasteiger partial charge in [-0.2, -0.15) is 0 Å². The first kappa shape index (κ1) is 11.6. The molecule has 1 aromatic rings. The van der Waals surface area contributed by atoms with Crippen molar-refractivity contribution in [2.24, 2.45) is 0 Å². The lowest BCUT2D eigenvalue weighted by Crippen LogP contribution is -2.25. The van der Waals surface area contributed by atoms with Gasteiger partial charge < -0.3 is 9.64 Å². The van der Waals surface area contributed by atoms with E-state index in [1.165, 1.54) is 6.92 Å². The summed E-state index contributed by atoms with van der Waals surface area (Å²) in [4.78, 5) is 24.2. The van der Waals surface area contributed by atoms with Crippen LogP contribution in [-0.2, 0) is 16.0 Å². The maximum Gasteiger partial charge on any atom is 0.308 e. The van der Waals surface area contributed by atoms with Crippen molar-refractivity contribution in [3.63, 3.8) is 0 Å². The summed E-state index contributed by atoms with van der Waals surface area (Å²) in [5.74, 6) is 0.294. The second-order valence-corrected chi connectivity index (χ2v) is 4.22. The first-order valence-corrected chi connectivity index (χ1v) is 5.59. The molecular formula is C13H15NO3.